The zero-order chi connectivity index (χ0) is 52.2. The third kappa shape index (κ3) is 17.9. The van der Waals surface area contributed by atoms with Crippen LogP contribution in [-0.2, 0) is 134 Å². The topological polar surface area (TPSA) is 504 Å². The molecule has 0 fully saturated rings. The standard InChI is InChI=1S/C6H15O30Si30/c1-4-5-6-66(2,3)36-38(8)40(10)42(12)44(14)46(16)48(18)50(20)52(22)54(24)56(26)58(28)60(30)62(32)64(34)65(35)63(33)61(31)59(29)57(27)55(25)53(23)51(21)49(19)47(17)45(15)43(13)41(11)39(9)37-7/h4-6H2,1-3H3. The lowest BCUT2D eigenvalue weighted by Crippen LogP contribution is -2.57. The van der Waals surface area contributed by atoms with Crippen molar-refractivity contribution in [2.75, 3.05) is 0 Å². The van der Waals surface area contributed by atoms with Crippen molar-refractivity contribution in [3.8, 4) is 0 Å². The molecular formula is C6H15O30Si30. The molecule has 0 unspecified atom stereocenters. The Kier molecular flexibility index (Phi) is 30.1. The van der Waals surface area contributed by atoms with Crippen molar-refractivity contribution in [1.82, 2.24) is 0 Å². The van der Waals surface area contributed by atoms with Gasteiger partial charge in [-0.3, -0.25) is 0 Å². The first-order valence-electron chi connectivity index (χ1n) is 16.4. The first-order valence-corrected chi connectivity index (χ1v) is 87.8. The fourth-order valence-corrected chi connectivity index (χ4v) is 325. The molecule has 1 radical (unpaired) electrons. The minimum absolute atomic E-state index is 0.429. The highest BCUT2D eigenvalue weighted by atomic mass is 30.1. The zero-order valence-corrected chi connectivity index (χ0v) is 62.4. The van der Waals surface area contributed by atoms with E-state index in [9.17, 15) is 129 Å². The van der Waals surface area contributed by atoms with Gasteiger partial charge in [-0.2, -0.15) is 0 Å². The summed E-state index contributed by atoms with van der Waals surface area (Å²) in [5.74, 6) is 0. The van der Waals surface area contributed by atoms with Crippen LogP contribution in [0.2, 0.25) is 19.1 Å². The van der Waals surface area contributed by atoms with Crippen molar-refractivity contribution in [2.24, 2.45) is 0 Å². The Balaban J connectivity index is 5.86. The van der Waals surface area contributed by atoms with Gasteiger partial charge >= 0.3 is 226 Å². The minimum Gasteiger partial charge on any atom is -0.578 e. The highest BCUT2D eigenvalue weighted by Gasteiger charge is 2.58. The first-order chi connectivity index (χ1) is 30.1. The van der Waals surface area contributed by atoms with Crippen molar-refractivity contribution >= 4 is 234 Å². The van der Waals surface area contributed by atoms with Gasteiger partial charge in [-0.05, 0) is 19.1 Å². The molecule has 0 N–H and O–H groups in total. The normalized spacial score (nSPS) is 10.2. The third-order valence-corrected chi connectivity index (χ3v) is 225. The van der Waals surface area contributed by atoms with E-state index in [1.807, 2.05) is 6.92 Å². The van der Waals surface area contributed by atoms with Gasteiger partial charge in [0.05, 0.1) is 0 Å². The number of hydrogen-bond donors (Lipinski definition) is 0. The van der Waals surface area contributed by atoms with Crippen molar-refractivity contribution in [2.45, 2.75) is 38.9 Å². The van der Waals surface area contributed by atoms with E-state index in [2.05, 4.69) is 0 Å². The van der Waals surface area contributed by atoms with E-state index in [0.717, 1.165) is 0 Å². The molecule has 0 saturated carbocycles. The van der Waals surface area contributed by atoms with Crippen LogP contribution < -0.4 is 0 Å². The Labute approximate surface area is 402 Å². The molecule has 0 aromatic carbocycles. The van der Waals surface area contributed by atoms with E-state index in [1.54, 1.807) is 13.1 Å². The summed E-state index contributed by atoms with van der Waals surface area (Å²) in [4.78, 5) is 0. The lowest BCUT2D eigenvalue weighted by molar-refractivity contribution is 0.457. The largest absolute Gasteiger partial charge is 0.578 e. The van der Waals surface area contributed by atoms with E-state index >= 15 is 0 Å². The van der Waals surface area contributed by atoms with Gasteiger partial charge in [-0.1, -0.05) is 19.8 Å². The molecule has 0 aromatic heterocycles. The Morgan fingerprint density at radius 3 is 0.636 bits per heavy atom. The van der Waals surface area contributed by atoms with E-state index < -0.39 is 234 Å². The molecule has 0 rings (SSSR count). The van der Waals surface area contributed by atoms with Gasteiger partial charge in [0.25, 0.3) is 0 Å². The molecule has 60 heteroatoms. The third-order valence-electron chi connectivity index (χ3n) is 7.14. The van der Waals surface area contributed by atoms with Crippen LogP contribution in [0.5, 0.6) is 0 Å². The Morgan fingerprint density at radius 1 is 0.303 bits per heavy atom. The number of rotatable bonds is 33. The van der Waals surface area contributed by atoms with Crippen molar-refractivity contribution in [3.05, 3.63) is 0 Å². The molecule has 0 spiro atoms. The van der Waals surface area contributed by atoms with Crippen molar-refractivity contribution < 1.29 is 134 Å². The molecule has 0 bridgehead atoms. The van der Waals surface area contributed by atoms with Gasteiger partial charge in [0.15, 0.2) is 0 Å². The van der Waals surface area contributed by atoms with Crippen LogP contribution >= 0.6 is 0 Å². The van der Waals surface area contributed by atoms with Crippen molar-refractivity contribution in [3.63, 3.8) is 0 Å². The number of hydrogen-bond acceptors (Lipinski definition) is 30. The number of unbranched alkanes of at least 4 members (excludes halogenated alkanes) is 1. The molecule has 0 aromatic rings. The second-order valence-electron chi connectivity index (χ2n) is 12.2. The Hall–Kier alpha value is 0.506. The van der Waals surface area contributed by atoms with Crippen LogP contribution in [-0.4, -0.2) is 234 Å². The first kappa shape index (κ1) is 66.5. The molecule has 0 heterocycles. The summed E-state index contributed by atoms with van der Waals surface area (Å²) in [5, 5.41) is 0. The fourth-order valence-electron chi connectivity index (χ4n) is 3.67. The van der Waals surface area contributed by atoms with E-state index in [1.165, 1.54) is 0 Å². The van der Waals surface area contributed by atoms with Crippen LogP contribution in [0.3, 0.4) is 0 Å². The van der Waals surface area contributed by atoms with Crippen LogP contribution in [0.15, 0.2) is 0 Å². The minimum atomic E-state index is -4.68. The fraction of sp³-hybridized carbons (Fsp3) is 1.00. The molecule has 0 aliphatic rings. The Bertz CT molecular complexity index is 2690. The molecule has 0 atom stereocenters. The average Bonchev–Trinajstić information content (AvgIpc) is 3.30. The van der Waals surface area contributed by atoms with E-state index in [4.69, 9.17) is 4.12 Å². The average molecular weight is 1410 g/mol. The maximum atomic E-state index is 12.7. The predicted octanol–water partition coefficient (Wildman–Crippen LogP) is -12.0. The lowest BCUT2D eigenvalue weighted by atomic mass is 10.4. The summed E-state index contributed by atoms with van der Waals surface area (Å²) in [6.07, 6.45) is 1.32. The molecule has 0 aliphatic carbocycles. The SMILES string of the molecule is CCCC[Si](C)(C)O[Si](=O)[Si](=O)[Si](=O)[Si](=O)[Si](=O)[Si](=O)[Si](=O)[Si](=O)[Si](=O)[Si](=O)[Si](=O)[Si](=O)[Si](=O)[Si](=O)[Si](=O)[Si](=O)[Si](=O)[Si](=O)[Si](=O)[Si](=O)[Si](=O)[Si](=O)[Si](=O)[Si](=O)[Si](=O)[Si](=O)[Si](=O)[Si](=O)[Si]=O. The van der Waals surface area contributed by atoms with Gasteiger partial charge in [0, 0.05) is 0 Å². The molecule has 0 amide bonds. The summed E-state index contributed by atoms with van der Waals surface area (Å²) in [5.41, 5.74) is 0. The highest BCUT2D eigenvalue weighted by molar-refractivity contribution is 7.84. The second kappa shape index (κ2) is 29.9. The molecule has 0 aliphatic heterocycles. The highest BCUT2D eigenvalue weighted by Crippen LogP contribution is 2.14. The van der Waals surface area contributed by atoms with Crippen LogP contribution in [0.1, 0.15) is 19.8 Å². The molecule has 0 saturated heterocycles. The van der Waals surface area contributed by atoms with Gasteiger partial charge in [-0.25, -0.2) is 0 Å². The molecule has 339 valence electrons. The van der Waals surface area contributed by atoms with Gasteiger partial charge in [0.2, 0.25) is 8.32 Å². The molecular weight excluding hydrogens is 1390 g/mol. The summed E-state index contributed by atoms with van der Waals surface area (Å²) < 4.78 is 366. The molecule has 66 heavy (non-hydrogen) atoms. The smallest absolute Gasteiger partial charge is 0.532 e. The summed E-state index contributed by atoms with van der Waals surface area (Å²) in [7, 11) is -128. The van der Waals surface area contributed by atoms with Gasteiger partial charge < -0.3 is 134 Å². The summed E-state index contributed by atoms with van der Waals surface area (Å²) >= 11 is 0. The monoisotopic (exact) mass is 1410 g/mol. The second-order valence-corrected chi connectivity index (χ2v) is 152. The van der Waals surface area contributed by atoms with Crippen LogP contribution in [0.25, 0.3) is 0 Å². The van der Waals surface area contributed by atoms with E-state index in [-0.39, 0.29) is 0 Å². The summed E-state index contributed by atoms with van der Waals surface area (Å²) in [6, 6.07) is 0.429. The maximum absolute atomic E-state index is 12.7. The van der Waals surface area contributed by atoms with Crippen LogP contribution in [0.4, 0.5) is 0 Å². The quantitative estimate of drug-likeness (QED) is 0.0551. The predicted molar refractivity (Wildman–Crippen MR) is 225 cm³/mol. The van der Waals surface area contributed by atoms with E-state index in [0.29, 0.717) is 18.9 Å². The molecule has 30 nitrogen and oxygen atoms in total. The van der Waals surface area contributed by atoms with Gasteiger partial charge in [-0.15, -0.1) is 0 Å². The Morgan fingerprint density at radius 2 is 0.470 bits per heavy atom. The van der Waals surface area contributed by atoms with Crippen LogP contribution in [0, 0.1) is 0 Å². The van der Waals surface area contributed by atoms with Crippen molar-refractivity contribution in [1.29, 1.82) is 0 Å². The van der Waals surface area contributed by atoms with Gasteiger partial charge in [0.1, 0.15) is 0 Å². The zero-order valence-electron chi connectivity index (χ0n) is 32.4. The lowest BCUT2D eigenvalue weighted by Gasteiger charge is -2.22. The maximum Gasteiger partial charge on any atom is 0.532 e. The summed E-state index contributed by atoms with van der Waals surface area (Å²) in [6.45, 7) is 4.99.